The minimum absolute atomic E-state index is 0.183. The van der Waals surface area contributed by atoms with Gasteiger partial charge in [-0.25, -0.2) is 4.68 Å². The van der Waals surface area contributed by atoms with Crippen LogP contribution in [0.3, 0.4) is 0 Å². The number of fused-ring (bicyclic) bond motifs is 2. The highest BCUT2D eigenvalue weighted by Gasteiger charge is 2.30. The average molecular weight is 311 g/mol. The summed E-state index contributed by atoms with van der Waals surface area (Å²) < 4.78 is 7.43. The number of carbonyl (C=O) groups excluding carboxylic acids is 1. The normalized spacial score (nSPS) is 16.3. The third-order valence-corrected chi connectivity index (χ3v) is 4.14. The van der Waals surface area contributed by atoms with Crippen LogP contribution in [-0.2, 0) is 24.7 Å². The molecule has 0 unspecified atom stereocenters. The third kappa shape index (κ3) is 2.16. The first kappa shape index (κ1) is 13.8. The monoisotopic (exact) mass is 311 g/mol. The van der Waals surface area contributed by atoms with Crippen molar-refractivity contribution in [2.24, 2.45) is 7.05 Å². The number of H-pyrrole nitrogens is 1. The number of aromatic nitrogens is 4. The van der Waals surface area contributed by atoms with Gasteiger partial charge >= 0.3 is 0 Å². The van der Waals surface area contributed by atoms with Gasteiger partial charge in [0.05, 0.1) is 11.1 Å². The van der Waals surface area contributed by atoms with Crippen LogP contribution in [0.25, 0.3) is 11.0 Å². The Balaban J connectivity index is 1.58. The second-order valence-electron chi connectivity index (χ2n) is 5.63. The van der Waals surface area contributed by atoms with Gasteiger partial charge in [-0.15, -0.1) is 0 Å². The summed E-state index contributed by atoms with van der Waals surface area (Å²) >= 11 is 0. The molecule has 2 N–H and O–H groups in total. The third-order valence-electron chi connectivity index (χ3n) is 4.14. The predicted octanol–water partition coefficient (Wildman–Crippen LogP) is 1.80. The van der Waals surface area contributed by atoms with Crippen molar-refractivity contribution in [1.29, 1.82) is 0 Å². The second kappa shape index (κ2) is 5.12. The van der Waals surface area contributed by atoms with Gasteiger partial charge in [0.1, 0.15) is 11.6 Å². The number of nitrogens with one attached hydrogen (secondary N) is 2. The van der Waals surface area contributed by atoms with E-state index in [2.05, 4.69) is 20.6 Å². The smallest absolute Gasteiger partial charge is 0.266 e. The standard InChI is InChI=1S/C16H17N5O2/c1-3-10-13-14(18-19-15(13)21(2)20-10)17-16(22)12-8-9-6-4-5-7-11(9)23-12/h4-7,12H,3,8H2,1-2H3,(H2,17,18,19,22)/t12-/m0/s1. The van der Waals surface area contributed by atoms with Crippen LogP contribution in [0.4, 0.5) is 5.82 Å². The summed E-state index contributed by atoms with van der Waals surface area (Å²) in [4.78, 5) is 12.5. The minimum atomic E-state index is -0.521. The van der Waals surface area contributed by atoms with E-state index >= 15 is 0 Å². The van der Waals surface area contributed by atoms with Crippen LogP contribution < -0.4 is 10.1 Å². The molecule has 118 valence electrons. The summed E-state index contributed by atoms with van der Waals surface area (Å²) in [7, 11) is 1.84. The minimum Gasteiger partial charge on any atom is -0.480 e. The van der Waals surface area contributed by atoms with E-state index < -0.39 is 6.10 Å². The van der Waals surface area contributed by atoms with Gasteiger partial charge < -0.3 is 10.1 Å². The molecule has 1 amide bonds. The zero-order valence-electron chi connectivity index (χ0n) is 13.0. The Bertz CT molecular complexity index is 870. The van der Waals surface area contributed by atoms with Crippen molar-refractivity contribution in [3.05, 3.63) is 35.5 Å². The lowest BCUT2D eigenvalue weighted by Gasteiger charge is -2.10. The molecule has 2 aromatic heterocycles. The van der Waals surface area contributed by atoms with E-state index in [9.17, 15) is 4.79 Å². The number of hydrogen-bond donors (Lipinski definition) is 2. The van der Waals surface area contributed by atoms with Crippen LogP contribution >= 0.6 is 0 Å². The topological polar surface area (TPSA) is 84.8 Å². The van der Waals surface area contributed by atoms with E-state index in [1.807, 2.05) is 38.2 Å². The fraction of sp³-hybridized carbons (Fsp3) is 0.312. The Labute approximate surface area is 132 Å². The molecule has 7 nitrogen and oxygen atoms in total. The molecule has 0 saturated heterocycles. The second-order valence-corrected chi connectivity index (χ2v) is 5.63. The lowest BCUT2D eigenvalue weighted by atomic mass is 10.1. The van der Waals surface area contributed by atoms with Gasteiger partial charge in [-0.3, -0.25) is 9.89 Å². The Morgan fingerprint density at radius 1 is 1.48 bits per heavy atom. The summed E-state index contributed by atoms with van der Waals surface area (Å²) in [6, 6.07) is 7.71. The first-order valence-electron chi connectivity index (χ1n) is 7.62. The maximum Gasteiger partial charge on any atom is 0.266 e. The van der Waals surface area contributed by atoms with Gasteiger partial charge in [-0.05, 0) is 18.1 Å². The van der Waals surface area contributed by atoms with Gasteiger partial charge in [0.15, 0.2) is 11.8 Å². The highest BCUT2D eigenvalue weighted by Crippen LogP contribution is 2.29. The summed E-state index contributed by atoms with van der Waals surface area (Å²) in [6.07, 6.45) is 0.824. The summed E-state index contributed by atoms with van der Waals surface area (Å²) in [5.74, 6) is 1.17. The molecule has 0 radical (unpaired) electrons. The van der Waals surface area contributed by atoms with Gasteiger partial charge in [-0.2, -0.15) is 10.2 Å². The molecule has 0 fully saturated rings. The van der Waals surface area contributed by atoms with E-state index in [1.54, 1.807) is 4.68 Å². The zero-order chi connectivity index (χ0) is 16.0. The van der Waals surface area contributed by atoms with Gasteiger partial charge in [0, 0.05) is 13.5 Å². The van der Waals surface area contributed by atoms with E-state index in [4.69, 9.17) is 4.74 Å². The molecule has 3 heterocycles. The fourth-order valence-corrected chi connectivity index (χ4v) is 2.99. The number of amides is 1. The van der Waals surface area contributed by atoms with E-state index in [0.717, 1.165) is 34.5 Å². The number of nitrogens with zero attached hydrogens (tertiary/aromatic N) is 3. The first-order chi connectivity index (χ1) is 11.2. The van der Waals surface area contributed by atoms with Crippen molar-refractivity contribution in [3.63, 3.8) is 0 Å². The predicted molar refractivity (Wildman–Crippen MR) is 85.4 cm³/mol. The van der Waals surface area contributed by atoms with Crippen LogP contribution in [0.2, 0.25) is 0 Å². The molecule has 4 rings (SSSR count). The van der Waals surface area contributed by atoms with Crippen molar-refractivity contribution >= 4 is 22.8 Å². The maximum absolute atomic E-state index is 12.5. The van der Waals surface area contributed by atoms with E-state index in [0.29, 0.717) is 12.2 Å². The molecule has 0 saturated carbocycles. The fourth-order valence-electron chi connectivity index (χ4n) is 2.99. The summed E-state index contributed by atoms with van der Waals surface area (Å²) in [6.45, 7) is 2.02. The molecule has 23 heavy (non-hydrogen) atoms. The number of carbonyl (C=O) groups is 1. The molecular formula is C16H17N5O2. The number of aryl methyl sites for hydroxylation is 2. The number of aromatic amines is 1. The SMILES string of the molecule is CCc1nn(C)c2n[nH]c(NC(=O)[C@@H]3Cc4ccccc4O3)c12. The number of ether oxygens (including phenoxy) is 1. The van der Waals surface area contributed by atoms with Crippen molar-refractivity contribution in [2.75, 3.05) is 5.32 Å². The van der Waals surface area contributed by atoms with Crippen LogP contribution in [0.5, 0.6) is 5.75 Å². The molecule has 3 aromatic rings. The van der Waals surface area contributed by atoms with Crippen LogP contribution in [0.15, 0.2) is 24.3 Å². The van der Waals surface area contributed by atoms with Crippen molar-refractivity contribution in [3.8, 4) is 5.75 Å². The number of benzene rings is 1. The largest absolute Gasteiger partial charge is 0.480 e. The zero-order valence-corrected chi connectivity index (χ0v) is 13.0. The molecule has 1 aliphatic heterocycles. The lowest BCUT2D eigenvalue weighted by molar-refractivity contribution is -0.122. The van der Waals surface area contributed by atoms with Gasteiger partial charge in [-0.1, -0.05) is 25.1 Å². The van der Waals surface area contributed by atoms with Gasteiger partial charge in [0.25, 0.3) is 5.91 Å². The molecule has 1 aliphatic rings. The highest BCUT2D eigenvalue weighted by atomic mass is 16.5. The first-order valence-corrected chi connectivity index (χ1v) is 7.62. The highest BCUT2D eigenvalue weighted by molar-refractivity contribution is 6.02. The molecule has 0 aliphatic carbocycles. The molecular weight excluding hydrogens is 294 g/mol. The van der Waals surface area contributed by atoms with E-state index in [-0.39, 0.29) is 5.91 Å². The summed E-state index contributed by atoms with van der Waals surface area (Å²) in [5, 5.41) is 15.3. The summed E-state index contributed by atoms with van der Waals surface area (Å²) in [5.41, 5.74) is 2.69. The molecule has 0 bridgehead atoms. The Kier molecular flexibility index (Phi) is 3.07. The number of anilines is 1. The molecule has 1 atom stereocenters. The number of para-hydroxylation sites is 1. The van der Waals surface area contributed by atoms with Crippen molar-refractivity contribution in [1.82, 2.24) is 20.0 Å². The van der Waals surface area contributed by atoms with Crippen molar-refractivity contribution < 1.29 is 9.53 Å². The van der Waals surface area contributed by atoms with Crippen LogP contribution in [-0.4, -0.2) is 32.0 Å². The van der Waals surface area contributed by atoms with Crippen LogP contribution in [0.1, 0.15) is 18.2 Å². The van der Waals surface area contributed by atoms with E-state index in [1.165, 1.54) is 0 Å². The quantitative estimate of drug-likeness (QED) is 0.772. The van der Waals surface area contributed by atoms with Crippen molar-refractivity contribution in [2.45, 2.75) is 25.9 Å². The molecule has 7 heteroatoms. The lowest BCUT2D eigenvalue weighted by Crippen LogP contribution is -2.31. The van der Waals surface area contributed by atoms with Gasteiger partial charge in [0.2, 0.25) is 0 Å². The molecule has 1 aromatic carbocycles. The van der Waals surface area contributed by atoms with Crippen LogP contribution in [0, 0.1) is 0 Å². The molecule has 0 spiro atoms. The number of hydrogen-bond acceptors (Lipinski definition) is 4. The maximum atomic E-state index is 12.5. The Morgan fingerprint density at radius 2 is 2.30 bits per heavy atom. The Morgan fingerprint density at radius 3 is 3.09 bits per heavy atom. The average Bonchev–Trinajstić information content (AvgIpc) is 3.23. The Hall–Kier alpha value is -2.83. The number of rotatable bonds is 3.